The van der Waals surface area contributed by atoms with Crippen LogP contribution in [0, 0.1) is 0 Å². The Hall–Kier alpha value is -0.550. The third kappa shape index (κ3) is 5.29. The largest absolute Gasteiger partial charge is 0.377 e. The summed E-state index contributed by atoms with van der Waals surface area (Å²) in [5, 5.41) is 6.71. The molecule has 120 valence electrons. The van der Waals surface area contributed by atoms with Crippen LogP contribution in [0.5, 0.6) is 0 Å². The van der Waals surface area contributed by atoms with E-state index >= 15 is 0 Å². The second kappa shape index (κ2) is 9.46. The highest BCUT2D eigenvalue weighted by Gasteiger charge is 2.14. The molecule has 0 amide bonds. The third-order valence-electron chi connectivity index (χ3n) is 3.90. The molecule has 0 aromatic carbocycles. The van der Waals surface area contributed by atoms with Gasteiger partial charge in [0.25, 0.3) is 0 Å². The van der Waals surface area contributed by atoms with Gasteiger partial charge < -0.3 is 15.4 Å². The van der Waals surface area contributed by atoms with E-state index < -0.39 is 0 Å². The minimum Gasteiger partial charge on any atom is -0.377 e. The van der Waals surface area contributed by atoms with Crippen molar-refractivity contribution in [1.29, 1.82) is 0 Å². The smallest absolute Gasteiger partial charge is 0.129 e. The van der Waals surface area contributed by atoms with Gasteiger partial charge in [0.15, 0.2) is 0 Å². The topological polar surface area (TPSA) is 46.2 Å². The second-order valence-corrected chi connectivity index (χ2v) is 5.43. The molecule has 1 aromatic rings. The fraction of sp³-hybridized carbons (Fsp3) is 0.667. The van der Waals surface area contributed by atoms with Crippen LogP contribution in [0.2, 0.25) is 0 Å². The van der Waals surface area contributed by atoms with Gasteiger partial charge in [-0.2, -0.15) is 0 Å². The summed E-state index contributed by atoms with van der Waals surface area (Å²) in [5.41, 5.74) is 2.55. The fourth-order valence-electron chi connectivity index (χ4n) is 2.78. The van der Waals surface area contributed by atoms with Gasteiger partial charge in [-0.05, 0) is 50.3 Å². The van der Waals surface area contributed by atoms with E-state index in [4.69, 9.17) is 9.72 Å². The summed E-state index contributed by atoms with van der Waals surface area (Å²) in [4.78, 5) is 4.70. The Balaban J connectivity index is 0.00000110. The van der Waals surface area contributed by atoms with Gasteiger partial charge in [-0.3, -0.25) is 0 Å². The molecule has 21 heavy (non-hydrogen) atoms. The molecule has 0 bridgehead atoms. The molecule has 0 radical (unpaired) electrons. The number of nitrogens with one attached hydrogen (secondary N) is 2. The highest BCUT2D eigenvalue weighted by Crippen LogP contribution is 2.20. The van der Waals surface area contributed by atoms with E-state index in [1.165, 1.54) is 17.7 Å². The number of aryl methyl sites for hydroxylation is 2. The van der Waals surface area contributed by atoms with E-state index in [0.717, 1.165) is 57.7 Å². The molecule has 2 aliphatic heterocycles. The van der Waals surface area contributed by atoms with Crippen molar-refractivity contribution in [2.75, 3.05) is 31.6 Å². The summed E-state index contributed by atoms with van der Waals surface area (Å²) in [5.74, 6) is 1.10. The first-order valence-corrected chi connectivity index (χ1v) is 7.47. The zero-order valence-corrected chi connectivity index (χ0v) is 13.9. The molecule has 0 spiro atoms. The van der Waals surface area contributed by atoms with E-state index in [1.54, 1.807) is 0 Å². The first-order chi connectivity index (χ1) is 9.42. The summed E-state index contributed by atoms with van der Waals surface area (Å²) < 4.78 is 5.83. The lowest BCUT2D eigenvalue weighted by Crippen LogP contribution is -2.17. The summed E-state index contributed by atoms with van der Waals surface area (Å²) in [6.45, 7) is 4.02. The number of aromatic nitrogens is 1. The Morgan fingerprint density at radius 2 is 2.14 bits per heavy atom. The van der Waals surface area contributed by atoms with Gasteiger partial charge in [0.2, 0.25) is 0 Å². The van der Waals surface area contributed by atoms with Crippen LogP contribution in [0.3, 0.4) is 0 Å². The Morgan fingerprint density at radius 1 is 1.24 bits per heavy atom. The van der Waals surface area contributed by atoms with E-state index in [-0.39, 0.29) is 24.8 Å². The zero-order valence-electron chi connectivity index (χ0n) is 12.3. The van der Waals surface area contributed by atoms with Crippen molar-refractivity contribution in [1.82, 2.24) is 10.3 Å². The van der Waals surface area contributed by atoms with Crippen LogP contribution >= 0.6 is 24.8 Å². The number of hydrogen-bond acceptors (Lipinski definition) is 4. The maximum Gasteiger partial charge on any atom is 0.129 e. The van der Waals surface area contributed by atoms with Gasteiger partial charge in [0.05, 0.1) is 6.10 Å². The molecular formula is C15H25Cl2N3O. The monoisotopic (exact) mass is 333 g/mol. The fourth-order valence-corrected chi connectivity index (χ4v) is 2.78. The van der Waals surface area contributed by atoms with Gasteiger partial charge in [-0.1, -0.05) is 6.07 Å². The van der Waals surface area contributed by atoms with Crippen molar-refractivity contribution in [2.24, 2.45) is 0 Å². The van der Waals surface area contributed by atoms with Gasteiger partial charge in [-0.15, -0.1) is 24.8 Å². The average molecular weight is 334 g/mol. The number of halogens is 2. The van der Waals surface area contributed by atoms with Gasteiger partial charge in [0, 0.05) is 25.4 Å². The number of ether oxygens (including phenoxy) is 1. The Labute approximate surface area is 139 Å². The number of rotatable bonds is 5. The van der Waals surface area contributed by atoms with Gasteiger partial charge >= 0.3 is 0 Å². The molecule has 1 atom stereocenters. The number of anilines is 1. The summed E-state index contributed by atoms with van der Waals surface area (Å²) >= 11 is 0. The minimum absolute atomic E-state index is 0. The van der Waals surface area contributed by atoms with Gasteiger partial charge in [0.1, 0.15) is 5.82 Å². The Morgan fingerprint density at radius 3 is 2.95 bits per heavy atom. The van der Waals surface area contributed by atoms with Crippen LogP contribution in [0.15, 0.2) is 12.1 Å². The van der Waals surface area contributed by atoms with Crippen molar-refractivity contribution in [3.63, 3.8) is 0 Å². The molecule has 3 heterocycles. The number of fused-ring (bicyclic) bond motifs is 1. The number of nitrogens with zero attached hydrogens (tertiary/aromatic N) is 1. The van der Waals surface area contributed by atoms with Crippen molar-refractivity contribution in [3.8, 4) is 0 Å². The molecule has 1 saturated heterocycles. The summed E-state index contributed by atoms with van der Waals surface area (Å²) in [7, 11) is 0. The second-order valence-electron chi connectivity index (χ2n) is 5.43. The maximum atomic E-state index is 5.83. The van der Waals surface area contributed by atoms with Crippen molar-refractivity contribution in [3.05, 3.63) is 23.4 Å². The highest BCUT2D eigenvalue weighted by atomic mass is 35.5. The molecular weight excluding hydrogens is 309 g/mol. The average Bonchev–Trinajstić information content (AvgIpc) is 2.97. The normalized spacial score (nSPS) is 19.9. The molecule has 1 fully saturated rings. The Kier molecular flexibility index (Phi) is 8.34. The standard InChI is InChI=1S/C15H23N3O.2ClH/c1-3-12-5-6-13(18-15(12)17-8-1)4-2-10-19-14-7-9-16-11-14;;/h5-6,14,16H,1-4,7-11H2,(H,17,18);2*1H/t14-;;/m1../s1. The molecule has 1 aromatic heterocycles. The molecule has 2 aliphatic rings. The van der Waals surface area contributed by atoms with Crippen molar-refractivity contribution >= 4 is 30.6 Å². The predicted molar refractivity (Wildman–Crippen MR) is 91.1 cm³/mol. The molecule has 6 heteroatoms. The van der Waals surface area contributed by atoms with Crippen LogP contribution < -0.4 is 10.6 Å². The lowest BCUT2D eigenvalue weighted by molar-refractivity contribution is 0.0654. The summed E-state index contributed by atoms with van der Waals surface area (Å²) in [6, 6.07) is 4.40. The van der Waals surface area contributed by atoms with Gasteiger partial charge in [-0.25, -0.2) is 4.98 Å². The zero-order chi connectivity index (χ0) is 12.9. The van der Waals surface area contributed by atoms with Crippen molar-refractivity contribution < 1.29 is 4.74 Å². The lowest BCUT2D eigenvalue weighted by Gasteiger charge is -2.17. The molecule has 4 nitrogen and oxygen atoms in total. The van der Waals surface area contributed by atoms with E-state index in [2.05, 4.69) is 22.8 Å². The number of hydrogen-bond donors (Lipinski definition) is 2. The lowest BCUT2D eigenvalue weighted by atomic mass is 10.1. The summed E-state index contributed by atoms with van der Waals surface area (Å²) in [6.07, 6.45) is 6.03. The Bertz CT molecular complexity index is 425. The van der Waals surface area contributed by atoms with Crippen LogP contribution in [-0.4, -0.2) is 37.3 Å². The first-order valence-electron chi connectivity index (χ1n) is 7.47. The molecule has 2 N–H and O–H groups in total. The molecule has 0 saturated carbocycles. The SMILES string of the molecule is Cl.Cl.c1cc2c(nc1CCCO[C@@H]1CCNC1)NCCC2. The quantitative estimate of drug-likeness (QED) is 0.813. The van der Waals surface area contributed by atoms with Crippen LogP contribution in [0.1, 0.15) is 30.5 Å². The van der Waals surface area contributed by atoms with Crippen LogP contribution in [0.25, 0.3) is 0 Å². The maximum absolute atomic E-state index is 5.83. The van der Waals surface area contributed by atoms with E-state index in [1.807, 2.05) is 0 Å². The molecule has 3 rings (SSSR count). The third-order valence-corrected chi connectivity index (χ3v) is 3.90. The van der Waals surface area contributed by atoms with E-state index in [0.29, 0.717) is 6.10 Å². The van der Waals surface area contributed by atoms with Crippen molar-refractivity contribution in [2.45, 2.75) is 38.2 Å². The van der Waals surface area contributed by atoms with Crippen LogP contribution in [0.4, 0.5) is 5.82 Å². The van der Waals surface area contributed by atoms with Crippen LogP contribution in [-0.2, 0) is 17.6 Å². The first kappa shape index (κ1) is 18.5. The minimum atomic E-state index is 0. The highest BCUT2D eigenvalue weighted by molar-refractivity contribution is 5.85. The number of pyridine rings is 1. The molecule has 0 aliphatic carbocycles. The predicted octanol–water partition coefficient (Wildman–Crippen LogP) is 2.59. The molecule has 0 unspecified atom stereocenters. The van der Waals surface area contributed by atoms with E-state index in [9.17, 15) is 0 Å².